The summed E-state index contributed by atoms with van der Waals surface area (Å²) in [6.45, 7) is 0. The van der Waals surface area contributed by atoms with Gasteiger partial charge in [-0.25, -0.2) is 0 Å². The highest BCUT2D eigenvalue weighted by Gasteiger charge is 2.21. The van der Waals surface area contributed by atoms with Gasteiger partial charge in [0.25, 0.3) is 0 Å². The molecule has 0 spiro atoms. The Bertz CT molecular complexity index is 343. The Morgan fingerprint density at radius 3 is 1.61 bits per heavy atom. The minimum absolute atomic E-state index is 1.00. The van der Waals surface area contributed by atoms with Crippen LogP contribution in [0.4, 0.5) is 0 Å². The third kappa shape index (κ3) is 3.27. The van der Waals surface area contributed by atoms with Crippen LogP contribution in [0.5, 0.6) is 0 Å². The summed E-state index contributed by atoms with van der Waals surface area (Å²) in [5, 5.41) is 0. The van der Waals surface area contributed by atoms with E-state index < -0.39 is 0 Å². The molecule has 0 nitrogen and oxygen atoms in total. The lowest BCUT2D eigenvalue weighted by atomic mass is 9.84. The van der Waals surface area contributed by atoms with Crippen LogP contribution >= 0.6 is 23.5 Å². The second-order valence-electron chi connectivity index (χ2n) is 5.69. The van der Waals surface area contributed by atoms with E-state index in [9.17, 15) is 0 Å². The lowest BCUT2D eigenvalue weighted by Gasteiger charge is -2.29. The Hall–Kier alpha value is -0.0800. The molecule has 0 radical (unpaired) electrons. The normalized spacial score (nSPS) is 29.1. The average molecular weight is 278 g/mol. The van der Waals surface area contributed by atoms with E-state index in [4.69, 9.17) is 0 Å². The highest BCUT2D eigenvalue weighted by atomic mass is 32.2. The first kappa shape index (κ1) is 12.9. The van der Waals surface area contributed by atoms with Crippen molar-refractivity contribution in [2.24, 2.45) is 11.8 Å². The van der Waals surface area contributed by atoms with Gasteiger partial charge in [-0.05, 0) is 60.2 Å². The van der Waals surface area contributed by atoms with Crippen molar-refractivity contribution in [1.82, 2.24) is 0 Å². The van der Waals surface area contributed by atoms with Gasteiger partial charge >= 0.3 is 0 Å². The molecule has 2 heteroatoms. The summed E-state index contributed by atoms with van der Waals surface area (Å²) in [5.74, 6) is 7.21. The van der Waals surface area contributed by atoms with Crippen molar-refractivity contribution in [3.63, 3.8) is 0 Å². The van der Waals surface area contributed by atoms with E-state index in [1.165, 1.54) is 48.7 Å². The fraction of sp³-hybridized carbons (Fsp3) is 0.625. The second-order valence-corrected chi connectivity index (χ2v) is 7.75. The van der Waals surface area contributed by atoms with Crippen molar-refractivity contribution < 1.29 is 0 Å². The maximum Gasteiger partial charge on any atom is 0.0187 e. The molecule has 1 fully saturated rings. The van der Waals surface area contributed by atoms with Crippen molar-refractivity contribution in [2.45, 2.75) is 37.2 Å². The van der Waals surface area contributed by atoms with Gasteiger partial charge in [0, 0.05) is 11.5 Å². The summed E-state index contributed by atoms with van der Waals surface area (Å²) in [6.07, 6.45) is 5.94. The van der Waals surface area contributed by atoms with Crippen molar-refractivity contribution in [3.8, 4) is 0 Å². The van der Waals surface area contributed by atoms with Gasteiger partial charge in [0.2, 0.25) is 0 Å². The summed E-state index contributed by atoms with van der Waals surface area (Å²) < 4.78 is 0. The second kappa shape index (κ2) is 6.38. The summed E-state index contributed by atoms with van der Waals surface area (Å²) in [5.41, 5.74) is 3.15. The Labute approximate surface area is 119 Å². The fourth-order valence-corrected chi connectivity index (χ4v) is 5.65. The zero-order chi connectivity index (χ0) is 12.2. The minimum atomic E-state index is 1.00. The molecule has 18 heavy (non-hydrogen) atoms. The van der Waals surface area contributed by atoms with Gasteiger partial charge in [0.05, 0.1) is 0 Å². The average Bonchev–Trinajstić information content (AvgIpc) is 2.40. The standard InChI is InChI=1S/C16H22S2/c1-2-4-16-12-18-10-14-7-5-13(6-8-14)9-17-11-15(16)3-1/h1-4,13-14H,5-12H2. The molecule has 0 N–H and O–H groups in total. The Morgan fingerprint density at radius 2 is 1.17 bits per heavy atom. The molecule has 0 saturated heterocycles. The molecule has 1 aliphatic carbocycles. The molecule has 2 heterocycles. The largest absolute Gasteiger partial charge is 0.157 e. The van der Waals surface area contributed by atoms with Gasteiger partial charge in [-0.2, -0.15) is 23.5 Å². The van der Waals surface area contributed by atoms with Crippen LogP contribution in [0.25, 0.3) is 0 Å². The van der Waals surface area contributed by atoms with Gasteiger partial charge in [-0.1, -0.05) is 24.3 Å². The van der Waals surface area contributed by atoms with E-state index in [1.807, 2.05) is 0 Å². The van der Waals surface area contributed by atoms with Gasteiger partial charge in [-0.3, -0.25) is 0 Å². The van der Waals surface area contributed by atoms with Crippen LogP contribution in [-0.2, 0) is 11.5 Å². The first-order chi connectivity index (χ1) is 8.92. The molecule has 4 rings (SSSR count). The van der Waals surface area contributed by atoms with Crippen molar-refractivity contribution in [2.75, 3.05) is 11.5 Å². The molecule has 0 unspecified atom stereocenters. The molecule has 0 aromatic heterocycles. The minimum Gasteiger partial charge on any atom is -0.157 e. The number of hydrogen-bond donors (Lipinski definition) is 0. The molecule has 98 valence electrons. The summed E-state index contributed by atoms with van der Waals surface area (Å²) in [7, 11) is 0. The first-order valence-corrected chi connectivity index (χ1v) is 9.45. The topological polar surface area (TPSA) is 0 Å². The van der Waals surface area contributed by atoms with Crippen molar-refractivity contribution in [3.05, 3.63) is 35.4 Å². The number of thioether (sulfide) groups is 2. The van der Waals surface area contributed by atoms with E-state index >= 15 is 0 Å². The van der Waals surface area contributed by atoms with Crippen molar-refractivity contribution in [1.29, 1.82) is 0 Å². The van der Waals surface area contributed by atoms with Gasteiger partial charge in [0.1, 0.15) is 0 Å². The molecule has 2 bridgehead atoms. The zero-order valence-corrected chi connectivity index (χ0v) is 12.6. The van der Waals surface area contributed by atoms with Crippen LogP contribution in [0.3, 0.4) is 0 Å². The van der Waals surface area contributed by atoms with E-state index in [2.05, 4.69) is 47.8 Å². The molecular formula is C16H22S2. The van der Waals surface area contributed by atoms with Crippen LogP contribution < -0.4 is 0 Å². The summed E-state index contributed by atoms with van der Waals surface area (Å²) in [4.78, 5) is 0. The molecule has 0 amide bonds. The molecular weight excluding hydrogens is 256 g/mol. The van der Waals surface area contributed by atoms with E-state index in [1.54, 1.807) is 11.1 Å². The SMILES string of the molecule is c1ccc2c(c1)CSCC1CCC(CC1)CSC2. The highest BCUT2D eigenvalue weighted by Crippen LogP contribution is 2.35. The Morgan fingerprint density at radius 1 is 0.722 bits per heavy atom. The summed E-state index contributed by atoms with van der Waals surface area (Å²) >= 11 is 4.32. The maximum atomic E-state index is 2.33. The number of rotatable bonds is 0. The maximum absolute atomic E-state index is 2.33. The number of hydrogen-bond acceptors (Lipinski definition) is 2. The molecule has 0 atom stereocenters. The van der Waals surface area contributed by atoms with E-state index in [0.717, 1.165) is 11.8 Å². The van der Waals surface area contributed by atoms with Crippen LogP contribution in [0.1, 0.15) is 36.8 Å². The summed E-state index contributed by atoms with van der Waals surface area (Å²) in [6, 6.07) is 9.05. The van der Waals surface area contributed by atoms with Crippen LogP contribution in [0.2, 0.25) is 0 Å². The van der Waals surface area contributed by atoms with Gasteiger partial charge in [-0.15, -0.1) is 0 Å². The number of fused-ring (bicyclic) bond motifs is 6. The Kier molecular flexibility index (Phi) is 4.58. The lowest BCUT2D eigenvalue weighted by molar-refractivity contribution is 0.315. The van der Waals surface area contributed by atoms with Gasteiger partial charge in [0.15, 0.2) is 0 Å². The number of benzene rings is 1. The predicted molar refractivity (Wildman–Crippen MR) is 84.2 cm³/mol. The zero-order valence-electron chi connectivity index (χ0n) is 10.9. The predicted octanol–water partition coefficient (Wildman–Crippen LogP) is 4.97. The lowest BCUT2D eigenvalue weighted by Crippen LogP contribution is -2.18. The van der Waals surface area contributed by atoms with Gasteiger partial charge < -0.3 is 0 Å². The quantitative estimate of drug-likeness (QED) is 0.657. The van der Waals surface area contributed by atoms with Crippen LogP contribution in [0, 0.1) is 11.8 Å². The fourth-order valence-electron chi connectivity index (χ4n) is 3.08. The molecule has 1 aromatic rings. The van der Waals surface area contributed by atoms with Crippen LogP contribution in [-0.4, -0.2) is 11.5 Å². The smallest absolute Gasteiger partial charge is 0.0187 e. The molecule has 2 aliphatic heterocycles. The van der Waals surface area contributed by atoms with E-state index in [-0.39, 0.29) is 0 Å². The van der Waals surface area contributed by atoms with E-state index in [0.29, 0.717) is 0 Å². The molecule has 1 aromatic carbocycles. The van der Waals surface area contributed by atoms with Crippen molar-refractivity contribution >= 4 is 23.5 Å². The Balaban J connectivity index is 1.72. The molecule has 1 saturated carbocycles. The monoisotopic (exact) mass is 278 g/mol. The van der Waals surface area contributed by atoms with Crippen LogP contribution in [0.15, 0.2) is 24.3 Å². The first-order valence-electron chi connectivity index (χ1n) is 7.14. The molecule has 3 aliphatic rings. The third-order valence-electron chi connectivity index (χ3n) is 4.31. The third-order valence-corrected chi connectivity index (χ3v) is 6.75. The highest BCUT2D eigenvalue weighted by molar-refractivity contribution is 7.98.